The van der Waals surface area contributed by atoms with Crippen molar-refractivity contribution >= 4 is 0 Å². The summed E-state index contributed by atoms with van der Waals surface area (Å²) < 4.78 is 0. The van der Waals surface area contributed by atoms with Crippen molar-refractivity contribution in [2.45, 2.75) is 26.7 Å². The summed E-state index contributed by atoms with van der Waals surface area (Å²) >= 11 is 0. The van der Waals surface area contributed by atoms with Crippen LogP contribution in [-0.4, -0.2) is 6.54 Å². The third-order valence-corrected chi connectivity index (χ3v) is 1.72. The van der Waals surface area contributed by atoms with E-state index in [1.165, 1.54) is 5.56 Å². The molecule has 2 N–H and O–H groups in total. The molecule has 0 radical (unpaired) electrons. The first-order valence-corrected chi connectivity index (χ1v) is 4.59. The van der Waals surface area contributed by atoms with Crippen LogP contribution in [0.3, 0.4) is 0 Å². The molecule has 1 nitrogen and oxygen atoms in total. The number of hydrogen-bond donors (Lipinski definition) is 1. The maximum Gasteiger partial charge on any atom is -0.00109 e. The molecular weight excluding hydrogens is 146 g/mol. The topological polar surface area (TPSA) is 26.0 Å². The van der Waals surface area contributed by atoms with Gasteiger partial charge < -0.3 is 5.73 Å². The second-order valence-electron chi connectivity index (χ2n) is 2.55. The van der Waals surface area contributed by atoms with Crippen LogP contribution in [0.5, 0.6) is 0 Å². The summed E-state index contributed by atoms with van der Waals surface area (Å²) in [6, 6.07) is 10.3. The molecule has 0 spiro atoms. The molecule has 0 heterocycles. The molecule has 0 saturated heterocycles. The van der Waals surface area contributed by atoms with Crippen molar-refractivity contribution in [3.05, 3.63) is 35.9 Å². The van der Waals surface area contributed by atoms with Gasteiger partial charge in [0.2, 0.25) is 0 Å². The van der Waals surface area contributed by atoms with Gasteiger partial charge in [-0.05, 0) is 18.0 Å². The maximum atomic E-state index is 5.50. The Hall–Kier alpha value is -0.820. The second-order valence-corrected chi connectivity index (χ2v) is 2.55. The van der Waals surface area contributed by atoms with E-state index in [-0.39, 0.29) is 0 Å². The van der Waals surface area contributed by atoms with Crippen LogP contribution in [0.1, 0.15) is 32.3 Å². The zero-order chi connectivity index (χ0) is 9.40. The first-order chi connectivity index (χ1) is 5.84. The minimum absolute atomic E-state index is 0.487. The van der Waals surface area contributed by atoms with Crippen LogP contribution in [0.2, 0.25) is 0 Å². The molecular formula is C11H19N. The van der Waals surface area contributed by atoms with Crippen molar-refractivity contribution in [1.82, 2.24) is 0 Å². The monoisotopic (exact) mass is 165 g/mol. The largest absolute Gasteiger partial charge is 0.330 e. The zero-order valence-corrected chi connectivity index (χ0v) is 8.25. The summed E-state index contributed by atoms with van der Waals surface area (Å²) in [4.78, 5) is 0. The van der Waals surface area contributed by atoms with E-state index in [1.807, 2.05) is 32.0 Å². The highest BCUT2D eigenvalue weighted by molar-refractivity contribution is 5.18. The van der Waals surface area contributed by atoms with Crippen LogP contribution in [0.15, 0.2) is 30.3 Å². The van der Waals surface area contributed by atoms with E-state index in [9.17, 15) is 0 Å². The Morgan fingerprint density at radius 2 is 1.67 bits per heavy atom. The molecule has 1 heteroatoms. The molecule has 0 saturated carbocycles. The molecule has 12 heavy (non-hydrogen) atoms. The third-order valence-electron chi connectivity index (χ3n) is 1.72. The summed E-state index contributed by atoms with van der Waals surface area (Å²) in [5, 5.41) is 0. The predicted octanol–water partition coefficient (Wildman–Crippen LogP) is 2.78. The van der Waals surface area contributed by atoms with Gasteiger partial charge in [-0.15, -0.1) is 0 Å². The Morgan fingerprint density at radius 1 is 1.17 bits per heavy atom. The molecule has 0 aliphatic rings. The van der Waals surface area contributed by atoms with Gasteiger partial charge in [-0.25, -0.2) is 0 Å². The minimum Gasteiger partial charge on any atom is -0.330 e. The fourth-order valence-corrected chi connectivity index (χ4v) is 0.918. The number of nitrogens with two attached hydrogens (primary N) is 1. The van der Waals surface area contributed by atoms with Gasteiger partial charge in [-0.2, -0.15) is 0 Å². The minimum atomic E-state index is 0.487. The highest BCUT2D eigenvalue weighted by Crippen LogP contribution is 2.11. The second kappa shape index (κ2) is 6.86. The van der Waals surface area contributed by atoms with Crippen LogP contribution in [-0.2, 0) is 0 Å². The number of benzene rings is 1. The lowest BCUT2D eigenvalue weighted by Crippen LogP contribution is -2.08. The lowest BCUT2D eigenvalue weighted by atomic mass is 10.0. The van der Waals surface area contributed by atoms with Gasteiger partial charge in [-0.3, -0.25) is 0 Å². The average molecular weight is 165 g/mol. The summed E-state index contributed by atoms with van der Waals surface area (Å²) in [7, 11) is 0. The Labute approximate surface area is 75.6 Å². The van der Waals surface area contributed by atoms with E-state index in [4.69, 9.17) is 5.73 Å². The van der Waals surface area contributed by atoms with Gasteiger partial charge in [0.15, 0.2) is 0 Å². The Bertz CT molecular complexity index is 181. The van der Waals surface area contributed by atoms with Gasteiger partial charge in [0.25, 0.3) is 0 Å². The smallest absolute Gasteiger partial charge is 0.00109 e. The van der Waals surface area contributed by atoms with E-state index in [2.05, 4.69) is 19.1 Å². The van der Waals surface area contributed by atoms with Crippen molar-refractivity contribution < 1.29 is 0 Å². The molecule has 0 aromatic heterocycles. The first kappa shape index (κ1) is 11.2. The van der Waals surface area contributed by atoms with E-state index in [1.54, 1.807) is 0 Å². The SMILES string of the molecule is CC.CC(CN)c1ccccc1. The highest BCUT2D eigenvalue weighted by Gasteiger charge is 1.99. The van der Waals surface area contributed by atoms with Gasteiger partial charge in [0.05, 0.1) is 0 Å². The van der Waals surface area contributed by atoms with Gasteiger partial charge in [0.1, 0.15) is 0 Å². The van der Waals surface area contributed by atoms with E-state index in [0.717, 1.165) is 6.54 Å². The lowest BCUT2D eigenvalue weighted by molar-refractivity contribution is 0.774. The maximum absolute atomic E-state index is 5.50. The molecule has 0 amide bonds. The van der Waals surface area contributed by atoms with E-state index in [0.29, 0.717) is 5.92 Å². The molecule has 1 rings (SSSR count). The van der Waals surface area contributed by atoms with Crippen LogP contribution < -0.4 is 5.73 Å². The van der Waals surface area contributed by atoms with Crippen LogP contribution in [0, 0.1) is 0 Å². The summed E-state index contributed by atoms with van der Waals surface area (Å²) in [5.74, 6) is 0.487. The molecule has 68 valence electrons. The molecule has 0 aliphatic heterocycles. The van der Waals surface area contributed by atoms with Gasteiger partial charge in [0, 0.05) is 0 Å². The third kappa shape index (κ3) is 3.54. The zero-order valence-electron chi connectivity index (χ0n) is 8.25. The van der Waals surface area contributed by atoms with Crippen LogP contribution in [0.4, 0.5) is 0 Å². The molecule has 1 atom stereocenters. The fraction of sp³-hybridized carbons (Fsp3) is 0.455. The summed E-state index contributed by atoms with van der Waals surface area (Å²) in [5.41, 5.74) is 6.83. The Kier molecular flexibility index (Phi) is 6.39. The molecule has 0 aliphatic carbocycles. The molecule has 1 aromatic rings. The van der Waals surface area contributed by atoms with Crippen LogP contribution in [0.25, 0.3) is 0 Å². The molecule has 1 aromatic carbocycles. The fourth-order valence-electron chi connectivity index (χ4n) is 0.918. The summed E-state index contributed by atoms with van der Waals surface area (Å²) in [6.07, 6.45) is 0. The van der Waals surface area contributed by atoms with Gasteiger partial charge >= 0.3 is 0 Å². The van der Waals surface area contributed by atoms with Crippen LogP contribution >= 0.6 is 0 Å². The van der Waals surface area contributed by atoms with E-state index >= 15 is 0 Å². The number of hydrogen-bond acceptors (Lipinski definition) is 1. The molecule has 0 bridgehead atoms. The van der Waals surface area contributed by atoms with Crippen molar-refractivity contribution in [3.63, 3.8) is 0 Å². The van der Waals surface area contributed by atoms with Crippen molar-refractivity contribution in [1.29, 1.82) is 0 Å². The van der Waals surface area contributed by atoms with E-state index < -0.39 is 0 Å². The van der Waals surface area contributed by atoms with Crippen molar-refractivity contribution in [2.24, 2.45) is 5.73 Å². The Morgan fingerprint density at radius 3 is 2.08 bits per heavy atom. The first-order valence-electron chi connectivity index (χ1n) is 4.59. The predicted molar refractivity (Wildman–Crippen MR) is 55.3 cm³/mol. The normalized spacial score (nSPS) is 11.3. The average Bonchev–Trinajstić information content (AvgIpc) is 2.21. The quantitative estimate of drug-likeness (QED) is 0.716. The summed E-state index contributed by atoms with van der Waals surface area (Å²) in [6.45, 7) is 6.86. The standard InChI is InChI=1S/C9H13N.C2H6/c1-8(7-10)9-5-3-2-4-6-9;1-2/h2-6,8H,7,10H2,1H3;1-2H3. The Balaban J connectivity index is 0.000000561. The molecule has 1 unspecified atom stereocenters. The van der Waals surface area contributed by atoms with Crippen molar-refractivity contribution in [2.75, 3.05) is 6.54 Å². The van der Waals surface area contributed by atoms with Gasteiger partial charge in [-0.1, -0.05) is 51.1 Å². The lowest BCUT2D eigenvalue weighted by Gasteiger charge is -2.06. The molecule has 0 fully saturated rings. The van der Waals surface area contributed by atoms with Crippen molar-refractivity contribution in [3.8, 4) is 0 Å². The number of rotatable bonds is 2. The highest BCUT2D eigenvalue weighted by atomic mass is 14.5.